The van der Waals surface area contributed by atoms with Crippen molar-refractivity contribution in [1.29, 1.82) is 0 Å². The number of carbonyl (C=O) groups excluding carboxylic acids is 6. The van der Waals surface area contributed by atoms with E-state index in [2.05, 4.69) is 17.9 Å². The first kappa shape index (κ1) is 29.2. The molecule has 192 valence electrons. The Labute approximate surface area is 201 Å². The highest BCUT2D eigenvalue weighted by Gasteiger charge is 2.56. The summed E-state index contributed by atoms with van der Waals surface area (Å²) in [7, 11) is 1.07. The molecule has 1 heterocycles. The smallest absolute Gasteiger partial charge is 0.348 e. The Balaban J connectivity index is 3.64. The van der Waals surface area contributed by atoms with Gasteiger partial charge in [-0.3, -0.25) is 24.0 Å². The van der Waals surface area contributed by atoms with Crippen molar-refractivity contribution in [3.05, 3.63) is 0 Å². The molecule has 1 rings (SSSR count). The number of methoxy groups -OCH3 is 1. The molecule has 1 amide bonds. The van der Waals surface area contributed by atoms with Gasteiger partial charge in [0.15, 0.2) is 12.2 Å². The van der Waals surface area contributed by atoms with Gasteiger partial charge in [-0.25, -0.2) is 4.79 Å². The maximum atomic E-state index is 12.5. The fourth-order valence-electron chi connectivity index (χ4n) is 3.41. The number of hydrogen-bond acceptors (Lipinski definition) is 13. The summed E-state index contributed by atoms with van der Waals surface area (Å²) in [6, 6.07) is -1.20. The van der Waals surface area contributed by atoms with Crippen LogP contribution in [0.2, 0.25) is 0 Å². The van der Waals surface area contributed by atoms with Crippen LogP contribution >= 0.6 is 12.6 Å². The Morgan fingerprint density at radius 3 is 2.00 bits per heavy atom. The quantitative estimate of drug-likeness (QED) is 0.232. The van der Waals surface area contributed by atoms with E-state index < -0.39 is 77.8 Å². The van der Waals surface area contributed by atoms with Crippen LogP contribution < -0.4 is 5.32 Å². The van der Waals surface area contributed by atoms with E-state index in [-0.39, 0.29) is 6.42 Å². The van der Waals surface area contributed by atoms with Gasteiger partial charge in [0.05, 0.1) is 13.2 Å². The number of esters is 5. The Morgan fingerprint density at radius 2 is 1.56 bits per heavy atom. The molecule has 0 aromatic carbocycles. The lowest BCUT2D eigenvalue weighted by molar-refractivity contribution is -0.223. The molecule has 1 N–H and O–H groups in total. The Hall–Kier alpha value is -2.87. The van der Waals surface area contributed by atoms with E-state index in [0.717, 1.165) is 34.8 Å². The van der Waals surface area contributed by atoms with Crippen molar-refractivity contribution in [3.8, 4) is 0 Å². The summed E-state index contributed by atoms with van der Waals surface area (Å²) in [5.74, 6) is -4.69. The number of hydrogen-bond donors (Lipinski definition) is 2. The molecule has 0 aliphatic carbocycles. The van der Waals surface area contributed by atoms with Crippen molar-refractivity contribution in [2.75, 3.05) is 13.7 Å². The Morgan fingerprint density at radius 1 is 0.971 bits per heavy atom. The maximum absolute atomic E-state index is 12.5. The lowest BCUT2D eigenvalue weighted by Gasteiger charge is -2.47. The Bertz CT molecular complexity index is 817. The van der Waals surface area contributed by atoms with E-state index in [1.165, 1.54) is 6.92 Å². The van der Waals surface area contributed by atoms with Crippen molar-refractivity contribution in [1.82, 2.24) is 5.32 Å². The summed E-state index contributed by atoms with van der Waals surface area (Å²) >= 11 is 4.27. The lowest BCUT2D eigenvalue weighted by Crippen LogP contribution is -2.67. The number of amides is 1. The van der Waals surface area contributed by atoms with E-state index >= 15 is 0 Å². The molecule has 14 heteroatoms. The second-order valence-corrected chi connectivity index (χ2v) is 8.18. The second-order valence-electron chi connectivity index (χ2n) is 7.46. The summed E-state index contributed by atoms with van der Waals surface area (Å²) < 4.78 is 31.4. The third-order valence-electron chi connectivity index (χ3n) is 4.52. The predicted molar refractivity (Wildman–Crippen MR) is 114 cm³/mol. The molecule has 1 fully saturated rings. The highest BCUT2D eigenvalue weighted by molar-refractivity contribution is 7.82. The van der Waals surface area contributed by atoms with E-state index in [9.17, 15) is 28.8 Å². The van der Waals surface area contributed by atoms with Crippen molar-refractivity contribution in [2.24, 2.45) is 0 Å². The van der Waals surface area contributed by atoms with Gasteiger partial charge in [-0.05, 0) is 0 Å². The van der Waals surface area contributed by atoms with Crippen LogP contribution in [-0.4, -0.2) is 84.9 Å². The molecule has 0 bridgehead atoms. The summed E-state index contributed by atoms with van der Waals surface area (Å²) in [6.07, 6.45) is -6.02. The van der Waals surface area contributed by atoms with Gasteiger partial charge < -0.3 is 33.7 Å². The van der Waals surface area contributed by atoms with Gasteiger partial charge in [-0.15, -0.1) is 12.6 Å². The minimum atomic E-state index is -2.02. The molecule has 0 aromatic rings. The number of nitrogens with one attached hydrogen (secondary N) is 1. The summed E-state index contributed by atoms with van der Waals surface area (Å²) in [5, 5.41) is 2.54. The topological polar surface area (TPSA) is 170 Å². The Kier molecular flexibility index (Phi) is 10.8. The standard InChI is InChI=1S/C20H29NO12S/c1-9(22)21-16-14(30-11(3)24)7-20(34,19(27)28-6)33-18(16)17(32-13(5)26)15(31-12(4)25)8-29-10(2)23/h14-18,34H,7-8H2,1-6H3,(H,21,22)/t14-,15+,16+,17+,18+,20-/m0/s1. The molecule has 1 aliphatic heterocycles. The average molecular weight is 508 g/mol. The van der Waals surface area contributed by atoms with Crippen LogP contribution in [0.5, 0.6) is 0 Å². The normalized spacial score (nSPS) is 25.7. The third kappa shape index (κ3) is 8.48. The van der Waals surface area contributed by atoms with Crippen molar-refractivity contribution in [3.63, 3.8) is 0 Å². The van der Waals surface area contributed by atoms with Crippen molar-refractivity contribution < 1.29 is 57.2 Å². The van der Waals surface area contributed by atoms with E-state index in [4.69, 9.17) is 28.4 Å². The molecule has 0 radical (unpaired) electrons. The van der Waals surface area contributed by atoms with Gasteiger partial charge in [0.25, 0.3) is 0 Å². The highest BCUT2D eigenvalue weighted by Crippen LogP contribution is 2.38. The zero-order chi connectivity index (χ0) is 26.2. The molecule has 0 aromatic heterocycles. The van der Waals surface area contributed by atoms with Crippen LogP contribution in [0.3, 0.4) is 0 Å². The molecule has 1 aliphatic rings. The van der Waals surface area contributed by atoms with Gasteiger partial charge in [0, 0.05) is 41.0 Å². The minimum absolute atomic E-state index is 0.348. The molecular weight excluding hydrogens is 478 g/mol. The van der Waals surface area contributed by atoms with Gasteiger partial charge in [0.2, 0.25) is 10.8 Å². The van der Waals surface area contributed by atoms with Crippen LogP contribution in [0.15, 0.2) is 0 Å². The molecule has 6 atom stereocenters. The molecule has 0 saturated carbocycles. The second kappa shape index (κ2) is 12.6. The molecule has 1 saturated heterocycles. The predicted octanol–water partition coefficient (Wildman–Crippen LogP) is -0.563. The zero-order valence-corrected chi connectivity index (χ0v) is 20.5. The summed E-state index contributed by atoms with van der Waals surface area (Å²) in [6.45, 7) is 4.95. The summed E-state index contributed by atoms with van der Waals surface area (Å²) in [5.41, 5.74) is 0. The van der Waals surface area contributed by atoms with Crippen molar-refractivity contribution >= 4 is 48.4 Å². The average Bonchev–Trinajstić information content (AvgIpc) is 2.69. The van der Waals surface area contributed by atoms with Gasteiger partial charge in [-0.2, -0.15) is 0 Å². The molecule has 0 spiro atoms. The molecular formula is C20H29NO12S. The largest absolute Gasteiger partial charge is 0.466 e. The molecule has 0 unspecified atom stereocenters. The first-order valence-electron chi connectivity index (χ1n) is 10.1. The van der Waals surface area contributed by atoms with Gasteiger partial charge in [-0.1, -0.05) is 0 Å². The molecule has 13 nitrogen and oxygen atoms in total. The molecule has 34 heavy (non-hydrogen) atoms. The number of thiol groups is 1. The van der Waals surface area contributed by atoms with Crippen molar-refractivity contribution in [2.45, 2.75) is 76.4 Å². The summed E-state index contributed by atoms with van der Waals surface area (Å²) in [4.78, 5) is 69.3. The first-order chi connectivity index (χ1) is 15.7. The van der Waals surface area contributed by atoms with Crippen LogP contribution in [-0.2, 0) is 57.2 Å². The lowest BCUT2D eigenvalue weighted by atomic mass is 9.89. The van der Waals surface area contributed by atoms with E-state index in [0.29, 0.717) is 0 Å². The van der Waals surface area contributed by atoms with Crippen LogP contribution in [0.25, 0.3) is 0 Å². The number of rotatable bonds is 9. The number of ether oxygens (including phenoxy) is 6. The van der Waals surface area contributed by atoms with E-state index in [1.807, 2.05) is 0 Å². The van der Waals surface area contributed by atoms with Crippen LogP contribution in [0.4, 0.5) is 0 Å². The minimum Gasteiger partial charge on any atom is -0.466 e. The van der Waals surface area contributed by atoms with E-state index in [1.54, 1.807) is 0 Å². The number of carbonyl (C=O) groups is 6. The highest BCUT2D eigenvalue weighted by atomic mass is 32.1. The van der Waals surface area contributed by atoms with Gasteiger partial charge >= 0.3 is 29.8 Å². The fourth-order valence-corrected chi connectivity index (χ4v) is 3.81. The first-order valence-corrected chi connectivity index (χ1v) is 10.6. The van der Waals surface area contributed by atoms with Gasteiger partial charge in [0.1, 0.15) is 18.8 Å². The fraction of sp³-hybridized carbons (Fsp3) is 0.700. The van der Waals surface area contributed by atoms with Crippen LogP contribution in [0, 0.1) is 0 Å². The third-order valence-corrected chi connectivity index (χ3v) is 4.99. The SMILES string of the molecule is COC(=O)[C@@]1(S)C[C@H](OC(C)=O)[C@@H](NC(C)=O)[C@H]([C@H](OC(C)=O)[C@@H](COC(C)=O)OC(C)=O)O1. The maximum Gasteiger partial charge on any atom is 0.348 e. The van der Waals surface area contributed by atoms with Crippen LogP contribution in [0.1, 0.15) is 41.0 Å². The monoisotopic (exact) mass is 507 g/mol. The zero-order valence-electron chi connectivity index (χ0n) is 19.6.